The molecule has 0 N–H and O–H groups in total. The van der Waals surface area contributed by atoms with Gasteiger partial charge in [-0.05, 0) is 32.4 Å². The van der Waals surface area contributed by atoms with Gasteiger partial charge >= 0.3 is 0 Å². The Labute approximate surface area is 84.2 Å². The summed E-state index contributed by atoms with van der Waals surface area (Å²) >= 11 is 0. The molecule has 1 aromatic heterocycles. The standard InChI is InChI=1S/C12H14N2/c1-9-6-4-5-7-12(9)14-8-13-10(2)11(14)3/h4-8H,1-3H3. The highest BCUT2D eigenvalue weighted by Gasteiger charge is 2.05. The zero-order chi connectivity index (χ0) is 10.1. The molecule has 0 aliphatic heterocycles. The average molecular weight is 186 g/mol. The van der Waals surface area contributed by atoms with Gasteiger partial charge in [-0.3, -0.25) is 0 Å². The fourth-order valence-corrected chi connectivity index (χ4v) is 1.58. The molecule has 72 valence electrons. The van der Waals surface area contributed by atoms with E-state index in [9.17, 15) is 0 Å². The smallest absolute Gasteiger partial charge is 0.0997 e. The van der Waals surface area contributed by atoms with Gasteiger partial charge in [0.05, 0.1) is 12.0 Å². The molecule has 2 aromatic rings. The maximum atomic E-state index is 4.30. The fraction of sp³-hybridized carbons (Fsp3) is 0.250. The molecule has 0 atom stereocenters. The highest BCUT2D eigenvalue weighted by atomic mass is 15.1. The minimum absolute atomic E-state index is 1.09. The first-order valence-electron chi connectivity index (χ1n) is 4.76. The number of hydrogen-bond acceptors (Lipinski definition) is 1. The van der Waals surface area contributed by atoms with Crippen molar-refractivity contribution in [2.45, 2.75) is 20.8 Å². The van der Waals surface area contributed by atoms with E-state index in [0.717, 1.165) is 5.69 Å². The lowest BCUT2D eigenvalue weighted by Gasteiger charge is -2.08. The van der Waals surface area contributed by atoms with E-state index in [2.05, 4.69) is 47.7 Å². The quantitative estimate of drug-likeness (QED) is 0.669. The van der Waals surface area contributed by atoms with E-state index in [1.165, 1.54) is 16.9 Å². The van der Waals surface area contributed by atoms with Gasteiger partial charge in [-0.1, -0.05) is 18.2 Å². The number of rotatable bonds is 1. The van der Waals surface area contributed by atoms with Crippen molar-refractivity contribution in [3.63, 3.8) is 0 Å². The van der Waals surface area contributed by atoms with Gasteiger partial charge in [0, 0.05) is 11.4 Å². The van der Waals surface area contributed by atoms with E-state index in [1.54, 1.807) is 0 Å². The molecule has 1 heterocycles. The fourth-order valence-electron chi connectivity index (χ4n) is 1.58. The van der Waals surface area contributed by atoms with Crippen LogP contribution in [0.1, 0.15) is 17.0 Å². The van der Waals surface area contributed by atoms with E-state index in [0.29, 0.717) is 0 Å². The summed E-state index contributed by atoms with van der Waals surface area (Å²) in [7, 11) is 0. The Morgan fingerprint density at radius 3 is 2.36 bits per heavy atom. The van der Waals surface area contributed by atoms with Gasteiger partial charge in [0.1, 0.15) is 0 Å². The largest absolute Gasteiger partial charge is 0.303 e. The topological polar surface area (TPSA) is 17.8 Å². The Kier molecular flexibility index (Phi) is 2.12. The van der Waals surface area contributed by atoms with Crippen LogP contribution in [0.3, 0.4) is 0 Å². The Morgan fingerprint density at radius 2 is 1.79 bits per heavy atom. The molecule has 0 amide bonds. The van der Waals surface area contributed by atoms with Gasteiger partial charge in [-0.15, -0.1) is 0 Å². The predicted octanol–water partition coefficient (Wildman–Crippen LogP) is 2.80. The van der Waals surface area contributed by atoms with Crippen molar-refractivity contribution in [1.82, 2.24) is 9.55 Å². The molecular weight excluding hydrogens is 172 g/mol. The van der Waals surface area contributed by atoms with Crippen LogP contribution in [0.15, 0.2) is 30.6 Å². The first kappa shape index (κ1) is 9.00. The second kappa shape index (κ2) is 3.29. The van der Waals surface area contributed by atoms with E-state index in [-0.39, 0.29) is 0 Å². The van der Waals surface area contributed by atoms with E-state index >= 15 is 0 Å². The minimum Gasteiger partial charge on any atom is -0.303 e. The van der Waals surface area contributed by atoms with Crippen LogP contribution in [0, 0.1) is 20.8 Å². The molecule has 2 nitrogen and oxygen atoms in total. The second-order valence-corrected chi connectivity index (χ2v) is 3.57. The third-order valence-corrected chi connectivity index (χ3v) is 2.63. The maximum absolute atomic E-state index is 4.30. The predicted molar refractivity (Wildman–Crippen MR) is 57.8 cm³/mol. The van der Waals surface area contributed by atoms with Gasteiger partial charge in [0.15, 0.2) is 0 Å². The zero-order valence-electron chi connectivity index (χ0n) is 8.78. The summed E-state index contributed by atoms with van der Waals surface area (Å²) in [6.07, 6.45) is 1.88. The average Bonchev–Trinajstić information content (AvgIpc) is 2.49. The van der Waals surface area contributed by atoms with Crippen molar-refractivity contribution >= 4 is 0 Å². The summed E-state index contributed by atoms with van der Waals surface area (Å²) in [4.78, 5) is 4.30. The molecular formula is C12H14N2. The molecule has 0 saturated heterocycles. The molecule has 0 aliphatic carbocycles. The third kappa shape index (κ3) is 1.33. The van der Waals surface area contributed by atoms with Crippen LogP contribution < -0.4 is 0 Å². The van der Waals surface area contributed by atoms with Crippen LogP contribution in [-0.2, 0) is 0 Å². The number of hydrogen-bond donors (Lipinski definition) is 0. The van der Waals surface area contributed by atoms with Gasteiger partial charge in [0.2, 0.25) is 0 Å². The Morgan fingerprint density at radius 1 is 1.07 bits per heavy atom. The summed E-state index contributed by atoms with van der Waals surface area (Å²) < 4.78 is 2.13. The molecule has 0 saturated carbocycles. The van der Waals surface area contributed by atoms with Crippen LogP contribution in [-0.4, -0.2) is 9.55 Å². The van der Waals surface area contributed by atoms with Gasteiger partial charge in [-0.2, -0.15) is 0 Å². The van der Waals surface area contributed by atoms with Gasteiger partial charge in [-0.25, -0.2) is 4.98 Å². The molecule has 0 spiro atoms. The molecule has 0 aliphatic rings. The van der Waals surface area contributed by atoms with Crippen LogP contribution in [0.2, 0.25) is 0 Å². The SMILES string of the molecule is Cc1ccccc1-n1cnc(C)c1C. The number of nitrogens with zero attached hydrogens (tertiary/aromatic N) is 2. The van der Waals surface area contributed by atoms with Crippen molar-refractivity contribution < 1.29 is 0 Å². The number of imidazole rings is 1. The Balaban J connectivity index is 2.60. The highest BCUT2D eigenvalue weighted by molar-refractivity contribution is 5.41. The number of benzene rings is 1. The van der Waals surface area contributed by atoms with E-state index in [1.807, 2.05) is 13.3 Å². The molecule has 0 unspecified atom stereocenters. The first-order valence-corrected chi connectivity index (χ1v) is 4.76. The molecule has 2 rings (SSSR count). The summed E-state index contributed by atoms with van der Waals surface area (Å²) in [6.45, 7) is 6.24. The third-order valence-electron chi connectivity index (χ3n) is 2.63. The van der Waals surface area contributed by atoms with Crippen molar-refractivity contribution in [3.8, 4) is 5.69 Å². The summed E-state index contributed by atoms with van der Waals surface area (Å²) in [6, 6.07) is 8.34. The molecule has 0 radical (unpaired) electrons. The number of aryl methyl sites for hydroxylation is 2. The molecule has 14 heavy (non-hydrogen) atoms. The van der Waals surface area contributed by atoms with Crippen LogP contribution in [0.5, 0.6) is 0 Å². The number of para-hydroxylation sites is 1. The minimum atomic E-state index is 1.09. The van der Waals surface area contributed by atoms with E-state index in [4.69, 9.17) is 0 Å². The second-order valence-electron chi connectivity index (χ2n) is 3.57. The summed E-state index contributed by atoms with van der Waals surface area (Å²) in [5, 5.41) is 0. The van der Waals surface area contributed by atoms with Crippen LogP contribution in [0.25, 0.3) is 5.69 Å². The van der Waals surface area contributed by atoms with Crippen LogP contribution >= 0.6 is 0 Å². The van der Waals surface area contributed by atoms with Crippen molar-refractivity contribution in [1.29, 1.82) is 0 Å². The lowest BCUT2D eigenvalue weighted by atomic mass is 10.2. The monoisotopic (exact) mass is 186 g/mol. The van der Waals surface area contributed by atoms with Crippen LogP contribution in [0.4, 0.5) is 0 Å². The molecule has 1 aromatic carbocycles. The van der Waals surface area contributed by atoms with Crippen molar-refractivity contribution in [2.24, 2.45) is 0 Å². The van der Waals surface area contributed by atoms with Crippen molar-refractivity contribution in [2.75, 3.05) is 0 Å². The Bertz CT molecular complexity index is 455. The lowest BCUT2D eigenvalue weighted by Crippen LogP contribution is -1.97. The molecule has 0 fully saturated rings. The highest BCUT2D eigenvalue weighted by Crippen LogP contribution is 2.16. The normalized spacial score (nSPS) is 10.5. The number of aromatic nitrogens is 2. The summed E-state index contributed by atoms with van der Waals surface area (Å²) in [5.41, 5.74) is 4.78. The summed E-state index contributed by atoms with van der Waals surface area (Å²) in [5.74, 6) is 0. The van der Waals surface area contributed by atoms with Gasteiger partial charge < -0.3 is 4.57 Å². The molecule has 2 heteroatoms. The Hall–Kier alpha value is -1.57. The zero-order valence-corrected chi connectivity index (χ0v) is 8.78. The lowest BCUT2D eigenvalue weighted by molar-refractivity contribution is 0.988. The maximum Gasteiger partial charge on any atom is 0.0997 e. The first-order chi connectivity index (χ1) is 6.70. The molecule has 0 bridgehead atoms. The van der Waals surface area contributed by atoms with Gasteiger partial charge in [0.25, 0.3) is 0 Å². The van der Waals surface area contributed by atoms with Crippen molar-refractivity contribution in [3.05, 3.63) is 47.5 Å². The van der Waals surface area contributed by atoms with E-state index < -0.39 is 0 Å².